The van der Waals surface area contributed by atoms with Crippen LogP contribution in [0.5, 0.6) is 0 Å². The highest BCUT2D eigenvalue weighted by Gasteiger charge is 2.66. The molecule has 0 bridgehead atoms. The number of carboxylic acid groups (broad SMARTS) is 1. The molecule has 9 nitrogen and oxygen atoms in total. The molecule has 43 heavy (non-hydrogen) atoms. The number of carboxylic acids is 1. The zero-order valence-electron chi connectivity index (χ0n) is 25.1. The van der Waals surface area contributed by atoms with Gasteiger partial charge in [0.05, 0.1) is 6.42 Å². The molecule has 1 aromatic rings. The summed E-state index contributed by atoms with van der Waals surface area (Å²) in [6.07, 6.45) is 7.30. The molecular formula is C34H43NO8. The van der Waals surface area contributed by atoms with E-state index < -0.39 is 47.3 Å². The van der Waals surface area contributed by atoms with E-state index in [1.165, 1.54) is 5.57 Å². The third-order valence-electron chi connectivity index (χ3n) is 11.4. The number of benzene rings is 1. The monoisotopic (exact) mass is 593 g/mol. The van der Waals surface area contributed by atoms with Crippen molar-refractivity contribution in [1.82, 2.24) is 5.32 Å². The first-order valence-electron chi connectivity index (χ1n) is 15.6. The highest BCUT2D eigenvalue weighted by atomic mass is 16.5. The Morgan fingerprint density at radius 2 is 1.70 bits per heavy atom. The van der Waals surface area contributed by atoms with Crippen molar-refractivity contribution in [3.8, 4) is 0 Å². The fourth-order valence-corrected chi connectivity index (χ4v) is 8.90. The summed E-state index contributed by atoms with van der Waals surface area (Å²) in [5.41, 5.74) is -0.187. The number of allylic oxidation sites excluding steroid dienone is 1. The Labute approximate surface area is 252 Å². The van der Waals surface area contributed by atoms with Crippen molar-refractivity contribution in [3.05, 3.63) is 47.5 Å². The molecule has 0 spiro atoms. The highest BCUT2D eigenvalue weighted by Crippen LogP contribution is 2.67. The SMILES string of the molecule is C[C@]12CCC(=O)C=C1CC[C@@H]1[C@@H]2CC[C@@]2(C)[C@H]1CC[C@]2(O)C(=O)COC(=O)CCC(=O)N[C@@H](Cc1ccccc1)C(=O)O. The summed E-state index contributed by atoms with van der Waals surface area (Å²) in [4.78, 5) is 62.0. The number of rotatable bonds is 10. The summed E-state index contributed by atoms with van der Waals surface area (Å²) in [6.45, 7) is 3.74. The second-order valence-corrected chi connectivity index (χ2v) is 13.6. The van der Waals surface area contributed by atoms with Crippen LogP contribution in [-0.2, 0) is 35.1 Å². The third-order valence-corrected chi connectivity index (χ3v) is 11.4. The molecule has 0 heterocycles. The fraction of sp³-hybridized carbons (Fsp3) is 0.618. The second kappa shape index (κ2) is 12.0. The number of aliphatic carboxylic acids is 1. The number of carbonyl (C=O) groups excluding carboxylic acids is 4. The molecule has 3 fully saturated rings. The topological polar surface area (TPSA) is 147 Å². The van der Waals surface area contributed by atoms with Gasteiger partial charge < -0.3 is 20.3 Å². The predicted octanol–water partition coefficient (Wildman–Crippen LogP) is 3.95. The minimum Gasteiger partial charge on any atom is -0.480 e. The summed E-state index contributed by atoms with van der Waals surface area (Å²) >= 11 is 0. The number of carbonyl (C=O) groups is 5. The fourth-order valence-electron chi connectivity index (χ4n) is 8.90. The standard InChI is InChI=1S/C34H43NO8/c1-32-15-12-23(36)19-22(32)8-9-24-25(32)13-16-33(2)26(24)14-17-34(33,42)28(37)20-43-30(39)11-10-29(38)35-27(31(40)41)18-21-6-4-3-5-7-21/h3-7,19,24-27,42H,8-18,20H2,1-2H3,(H,35,38)(H,40,41)/t24-,25+,26+,27+,32+,33+,34+/m1/s1. The molecule has 0 radical (unpaired) electrons. The van der Waals surface area contributed by atoms with Gasteiger partial charge in [0.2, 0.25) is 11.7 Å². The molecule has 4 aliphatic rings. The maximum atomic E-state index is 13.4. The lowest BCUT2D eigenvalue weighted by molar-refractivity contribution is -0.170. The molecule has 232 valence electrons. The van der Waals surface area contributed by atoms with Gasteiger partial charge in [0.1, 0.15) is 11.6 Å². The van der Waals surface area contributed by atoms with Crippen molar-refractivity contribution in [2.75, 3.05) is 6.61 Å². The lowest BCUT2D eigenvalue weighted by atomic mass is 9.46. The third kappa shape index (κ3) is 5.80. The molecule has 0 aliphatic heterocycles. The first-order valence-corrected chi connectivity index (χ1v) is 15.6. The van der Waals surface area contributed by atoms with E-state index >= 15 is 0 Å². The zero-order chi connectivity index (χ0) is 31.0. The highest BCUT2D eigenvalue weighted by molar-refractivity contribution is 5.92. The van der Waals surface area contributed by atoms with Gasteiger partial charge in [0, 0.05) is 24.7 Å². The van der Waals surface area contributed by atoms with Gasteiger partial charge in [-0.25, -0.2) is 4.79 Å². The van der Waals surface area contributed by atoms with Crippen molar-refractivity contribution in [2.24, 2.45) is 28.6 Å². The Kier molecular flexibility index (Phi) is 8.67. The molecular weight excluding hydrogens is 550 g/mol. The molecule has 0 aromatic heterocycles. The van der Waals surface area contributed by atoms with E-state index in [0.29, 0.717) is 31.1 Å². The van der Waals surface area contributed by atoms with E-state index in [9.17, 15) is 34.2 Å². The molecule has 3 saturated carbocycles. The summed E-state index contributed by atoms with van der Waals surface area (Å²) < 4.78 is 5.22. The number of hydrogen-bond donors (Lipinski definition) is 3. The van der Waals surface area contributed by atoms with Crippen molar-refractivity contribution >= 4 is 29.4 Å². The number of aliphatic hydroxyl groups is 1. The van der Waals surface area contributed by atoms with Crippen LogP contribution in [0, 0.1) is 28.6 Å². The zero-order valence-corrected chi connectivity index (χ0v) is 25.1. The van der Waals surface area contributed by atoms with Crippen LogP contribution < -0.4 is 5.32 Å². The number of nitrogens with one attached hydrogen (secondary N) is 1. The van der Waals surface area contributed by atoms with Crippen molar-refractivity contribution in [1.29, 1.82) is 0 Å². The molecule has 7 atom stereocenters. The van der Waals surface area contributed by atoms with Crippen LogP contribution in [0.15, 0.2) is 42.0 Å². The Morgan fingerprint density at radius 1 is 0.977 bits per heavy atom. The van der Waals surface area contributed by atoms with Crippen molar-refractivity contribution in [2.45, 2.75) is 96.1 Å². The Morgan fingerprint density at radius 3 is 2.42 bits per heavy atom. The first-order chi connectivity index (χ1) is 20.4. The van der Waals surface area contributed by atoms with E-state index in [1.54, 1.807) is 24.3 Å². The molecule has 3 N–H and O–H groups in total. The van der Waals surface area contributed by atoms with Crippen LogP contribution in [0.2, 0.25) is 0 Å². The van der Waals surface area contributed by atoms with Crippen LogP contribution in [-0.4, -0.2) is 57.9 Å². The van der Waals surface area contributed by atoms with Gasteiger partial charge in [-0.1, -0.05) is 49.8 Å². The van der Waals surface area contributed by atoms with E-state index in [2.05, 4.69) is 12.2 Å². The predicted molar refractivity (Wildman–Crippen MR) is 157 cm³/mol. The summed E-state index contributed by atoms with van der Waals surface area (Å²) in [5, 5.41) is 23.8. The molecule has 1 aromatic carbocycles. The number of ether oxygens (including phenoxy) is 1. The number of fused-ring (bicyclic) bond motifs is 5. The first kappa shape index (κ1) is 31.1. The maximum absolute atomic E-state index is 13.4. The summed E-state index contributed by atoms with van der Waals surface area (Å²) in [7, 11) is 0. The van der Waals surface area contributed by atoms with Crippen LogP contribution >= 0.6 is 0 Å². The van der Waals surface area contributed by atoms with E-state index in [1.807, 2.05) is 19.1 Å². The van der Waals surface area contributed by atoms with Gasteiger partial charge in [-0.15, -0.1) is 0 Å². The van der Waals surface area contributed by atoms with Crippen molar-refractivity contribution < 1.29 is 38.9 Å². The molecule has 0 unspecified atom stereocenters. The van der Waals surface area contributed by atoms with Crippen LogP contribution in [0.3, 0.4) is 0 Å². The smallest absolute Gasteiger partial charge is 0.326 e. The van der Waals surface area contributed by atoms with Gasteiger partial charge in [-0.3, -0.25) is 19.2 Å². The Hall–Kier alpha value is -3.33. The number of hydrogen-bond acceptors (Lipinski definition) is 7. The Balaban J connectivity index is 1.14. The second-order valence-electron chi connectivity index (χ2n) is 13.6. The lowest BCUT2D eigenvalue weighted by Gasteiger charge is -2.58. The average molecular weight is 594 g/mol. The number of esters is 1. The number of Topliss-reactive ketones (excluding diaryl/α,β-unsaturated/α-hetero) is 1. The summed E-state index contributed by atoms with van der Waals surface area (Å²) in [5.74, 6) is -1.85. The molecule has 9 heteroatoms. The molecule has 0 saturated heterocycles. The maximum Gasteiger partial charge on any atom is 0.326 e. The van der Waals surface area contributed by atoms with Gasteiger partial charge >= 0.3 is 11.9 Å². The van der Waals surface area contributed by atoms with E-state index in [0.717, 1.165) is 37.7 Å². The quantitative estimate of drug-likeness (QED) is 0.346. The largest absolute Gasteiger partial charge is 0.480 e. The van der Waals surface area contributed by atoms with E-state index in [4.69, 9.17) is 4.74 Å². The Bertz CT molecular complexity index is 1320. The molecule has 1 amide bonds. The van der Waals surface area contributed by atoms with Gasteiger partial charge in [0.25, 0.3) is 0 Å². The number of amides is 1. The van der Waals surface area contributed by atoms with Gasteiger partial charge in [-0.05, 0) is 79.8 Å². The number of ketones is 2. The minimum atomic E-state index is -1.59. The lowest BCUT2D eigenvalue weighted by Crippen LogP contribution is -2.58. The van der Waals surface area contributed by atoms with E-state index in [-0.39, 0.29) is 36.4 Å². The van der Waals surface area contributed by atoms with Crippen LogP contribution in [0.1, 0.15) is 83.6 Å². The van der Waals surface area contributed by atoms with Gasteiger partial charge in [-0.2, -0.15) is 0 Å². The van der Waals surface area contributed by atoms with Crippen molar-refractivity contribution in [3.63, 3.8) is 0 Å². The average Bonchev–Trinajstić information content (AvgIpc) is 3.26. The molecule has 4 aliphatic carbocycles. The molecule has 5 rings (SSSR count). The van der Waals surface area contributed by atoms with Gasteiger partial charge in [0.15, 0.2) is 12.4 Å². The normalized spacial score (nSPS) is 33.7. The van der Waals surface area contributed by atoms with Crippen LogP contribution in [0.4, 0.5) is 0 Å². The summed E-state index contributed by atoms with van der Waals surface area (Å²) in [6, 6.07) is 7.78. The van der Waals surface area contributed by atoms with Crippen LogP contribution in [0.25, 0.3) is 0 Å². The minimum absolute atomic E-state index is 0.00325.